The van der Waals surface area contributed by atoms with Crippen LogP contribution in [0, 0.1) is 5.92 Å². The first-order valence-corrected chi connectivity index (χ1v) is 12.0. The fraction of sp³-hybridized carbons (Fsp3) is 0.346. The van der Waals surface area contributed by atoms with E-state index in [-0.39, 0.29) is 0 Å². The van der Waals surface area contributed by atoms with E-state index in [0.717, 1.165) is 78.7 Å². The molecule has 174 valence electrons. The Hall–Kier alpha value is -3.49. The average molecular weight is 456 g/mol. The van der Waals surface area contributed by atoms with Crippen LogP contribution in [0.2, 0.25) is 0 Å². The summed E-state index contributed by atoms with van der Waals surface area (Å²) in [7, 11) is 0. The van der Waals surface area contributed by atoms with Crippen molar-refractivity contribution in [3.05, 3.63) is 60.9 Å². The van der Waals surface area contributed by atoms with Gasteiger partial charge in [-0.05, 0) is 55.2 Å². The van der Waals surface area contributed by atoms with Crippen molar-refractivity contribution >= 4 is 16.9 Å². The van der Waals surface area contributed by atoms with Crippen LogP contribution in [-0.2, 0) is 0 Å². The third kappa shape index (κ3) is 4.10. The van der Waals surface area contributed by atoms with E-state index in [4.69, 9.17) is 15.6 Å². The van der Waals surface area contributed by atoms with Gasteiger partial charge in [-0.1, -0.05) is 18.2 Å². The third-order valence-electron chi connectivity index (χ3n) is 6.91. The van der Waals surface area contributed by atoms with Crippen LogP contribution in [-0.4, -0.2) is 57.4 Å². The zero-order valence-corrected chi connectivity index (χ0v) is 19.1. The smallest absolute Gasteiger partial charge is 0.164 e. The van der Waals surface area contributed by atoms with Crippen molar-refractivity contribution in [2.75, 3.05) is 38.5 Å². The first-order valence-electron chi connectivity index (χ1n) is 12.0. The number of nitrogens with two attached hydrogens (primary N) is 1. The lowest BCUT2D eigenvalue weighted by molar-refractivity contribution is 0.140. The minimum atomic E-state index is 0.307. The normalized spacial score (nSPS) is 17.6. The quantitative estimate of drug-likeness (QED) is 0.458. The second-order valence-corrected chi connectivity index (χ2v) is 9.25. The van der Waals surface area contributed by atoms with Gasteiger partial charge in [-0.3, -0.25) is 0 Å². The highest BCUT2D eigenvalue weighted by Crippen LogP contribution is 2.35. The summed E-state index contributed by atoms with van der Waals surface area (Å²) in [5, 5.41) is 9.23. The minimum Gasteiger partial charge on any atom is -0.457 e. The summed E-state index contributed by atoms with van der Waals surface area (Å²) in [4.78, 5) is 11.4. The van der Waals surface area contributed by atoms with Crippen molar-refractivity contribution in [2.24, 2.45) is 5.92 Å². The number of hydrogen-bond donors (Lipinski definition) is 2. The molecule has 2 aliphatic heterocycles. The maximum absolute atomic E-state index is 6.32. The molecule has 2 aromatic heterocycles. The number of hydrogen-bond acceptors (Lipinski definition) is 7. The third-order valence-corrected chi connectivity index (χ3v) is 6.91. The highest BCUT2D eigenvalue weighted by atomic mass is 16.5. The van der Waals surface area contributed by atoms with E-state index in [9.17, 15) is 0 Å². The number of anilines is 1. The van der Waals surface area contributed by atoms with Crippen LogP contribution in [0.25, 0.3) is 22.3 Å². The molecule has 4 heterocycles. The number of rotatable bonds is 6. The number of likely N-dealkylation sites (tertiary alicyclic amines) is 1. The second-order valence-electron chi connectivity index (χ2n) is 9.25. The first kappa shape index (κ1) is 21.1. The van der Waals surface area contributed by atoms with Gasteiger partial charge in [-0.25, -0.2) is 14.6 Å². The molecule has 2 saturated heterocycles. The molecule has 2 aromatic carbocycles. The molecule has 0 bridgehead atoms. The van der Waals surface area contributed by atoms with Crippen LogP contribution < -0.4 is 15.8 Å². The maximum Gasteiger partial charge on any atom is 0.164 e. The summed E-state index contributed by atoms with van der Waals surface area (Å²) >= 11 is 0. The maximum atomic E-state index is 6.32. The molecule has 0 unspecified atom stereocenters. The number of aromatic nitrogens is 4. The lowest BCUT2D eigenvalue weighted by Crippen LogP contribution is -2.49. The van der Waals surface area contributed by atoms with Gasteiger partial charge in [0.1, 0.15) is 29.3 Å². The van der Waals surface area contributed by atoms with Crippen LogP contribution in [0.15, 0.2) is 60.9 Å². The number of piperidine rings is 1. The fourth-order valence-corrected chi connectivity index (χ4v) is 4.95. The van der Waals surface area contributed by atoms with E-state index in [1.165, 1.54) is 12.9 Å². The molecule has 0 atom stereocenters. The SMILES string of the molecule is Nc1ncnc2c1c(-c1ccc(Oc3ccccc3)cc1)nn2C1CCN(CC2CNC2)CC1. The predicted octanol–water partition coefficient (Wildman–Crippen LogP) is 3.72. The van der Waals surface area contributed by atoms with Gasteiger partial charge in [0.05, 0.1) is 11.4 Å². The highest BCUT2D eigenvalue weighted by Gasteiger charge is 2.28. The highest BCUT2D eigenvalue weighted by molar-refractivity contribution is 5.98. The van der Waals surface area contributed by atoms with Crippen LogP contribution in [0.4, 0.5) is 5.82 Å². The number of nitrogen functional groups attached to an aromatic ring is 1. The number of fused-ring (bicyclic) bond motifs is 1. The summed E-state index contributed by atoms with van der Waals surface area (Å²) in [6.07, 6.45) is 3.66. The average Bonchev–Trinajstić information content (AvgIpc) is 3.24. The molecule has 4 aromatic rings. The molecule has 0 spiro atoms. The molecular formula is C26H29N7O. The molecule has 8 heteroatoms. The monoisotopic (exact) mass is 455 g/mol. The van der Waals surface area contributed by atoms with Crippen LogP contribution >= 0.6 is 0 Å². The van der Waals surface area contributed by atoms with Gasteiger partial charge in [0.25, 0.3) is 0 Å². The predicted molar refractivity (Wildman–Crippen MR) is 133 cm³/mol. The molecule has 0 amide bonds. The Morgan fingerprint density at radius 3 is 2.38 bits per heavy atom. The molecule has 0 aliphatic carbocycles. The molecular weight excluding hydrogens is 426 g/mol. The summed E-state index contributed by atoms with van der Waals surface area (Å²) in [6, 6.07) is 18.0. The molecule has 2 fully saturated rings. The second kappa shape index (κ2) is 9.04. The van der Waals surface area contributed by atoms with E-state index in [0.29, 0.717) is 11.9 Å². The number of nitrogens with one attached hydrogen (secondary N) is 1. The van der Waals surface area contributed by atoms with Crippen LogP contribution in [0.1, 0.15) is 18.9 Å². The van der Waals surface area contributed by atoms with Crippen molar-refractivity contribution in [1.82, 2.24) is 30.0 Å². The van der Waals surface area contributed by atoms with E-state index in [1.807, 2.05) is 54.6 Å². The number of para-hydroxylation sites is 1. The molecule has 0 saturated carbocycles. The van der Waals surface area contributed by atoms with Gasteiger partial charge in [0, 0.05) is 38.3 Å². The van der Waals surface area contributed by atoms with Gasteiger partial charge >= 0.3 is 0 Å². The van der Waals surface area contributed by atoms with Gasteiger partial charge in [-0.2, -0.15) is 5.10 Å². The number of benzene rings is 2. The van der Waals surface area contributed by atoms with E-state index >= 15 is 0 Å². The summed E-state index contributed by atoms with van der Waals surface area (Å²) in [5.41, 5.74) is 8.93. The van der Waals surface area contributed by atoms with Crippen molar-refractivity contribution in [3.8, 4) is 22.8 Å². The fourth-order valence-electron chi connectivity index (χ4n) is 4.95. The lowest BCUT2D eigenvalue weighted by atomic mass is 9.99. The topological polar surface area (TPSA) is 94.1 Å². The number of nitrogens with zero attached hydrogens (tertiary/aromatic N) is 5. The zero-order valence-electron chi connectivity index (χ0n) is 19.1. The van der Waals surface area contributed by atoms with Gasteiger partial charge < -0.3 is 20.7 Å². The Balaban J connectivity index is 1.26. The van der Waals surface area contributed by atoms with Gasteiger partial charge in [0.2, 0.25) is 0 Å². The van der Waals surface area contributed by atoms with Gasteiger partial charge in [0.15, 0.2) is 5.65 Å². The Labute approximate surface area is 198 Å². The Bertz CT molecular complexity index is 1260. The van der Waals surface area contributed by atoms with Crippen LogP contribution in [0.5, 0.6) is 11.5 Å². The summed E-state index contributed by atoms with van der Waals surface area (Å²) < 4.78 is 8.03. The summed E-state index contributed by atoms with van der Waals surface area (Å²) in [5.74, 6) is 2.85. The van der Waals surface area contributed by atoms with E-state index in [2.05, 4.69) is 24.9 Å². The van der Waals surface area contributed by atoms with Crippen LogP contribution in [0.3, 0.4) is 0 Å². The summed E-state index contributed by atoms with van der Waals surface area (Å²) in [6.45, 7) is 5.67. The zero-order chi connectivity index (χ0) is 22.9. The Morgan fingerprint density at radius 1 is 0.941 bits per heavy atom. The minimum absolute atomic E-state index is 0.307. The van der Waals surface area contributed by atoms with Crippen molar-refractivity contribution in [2.45, 2.75) is 18.9 Å². The molecule has 8 nitrogen and oxygen atoms in total. The molecule has 2 aliphatic rings. The first-order chi connectivity index (χ1) is 16.7. The molecule has 0 radical (unpaired) electrons. The van der Waals surface area contributed by atoms with Crippen molar-refractivity contribution in [1.29, 1.82) is 0 Å². The number of ether oxygens (including phenoxy) is 1. The van der Waals surface area contributed by atoms with E-state index in [1.54, 1.807) is 0 Å². The molecule has 6 rings (SSSR count). The molecule has 3 N–H and O–H groups in total. The van der Waals surface area contributed by atoms with Gasteiger partial charge in [-0.15, -0.1) is 0 Å². The Kier molecular flexibility index (Phi) is 5.60. The molecule has 34 heavy (non-hydrogen) atoms. The largest absolute Gasteiger partial charge is 0.457 e. The van der Waals surface area contributed by atoms with E-state index < -0.39 is 0 Å². The lowest BCUT2D eigenvalue weighted by Gasteiger charge is -2.37. The van der Waals surface area contributed by atoms with Crippen molar-refractivity contribution in [3.63, 3.8) is 0 Å². The standard InChI is InChI=1S/C26H29N7O/c27-25-23-24(19-6-8-22(9-7-19)34-21-4-2-1-3-5-21)31-33(26(23)30-17-29-25)20-10-12-32(13-11-20)16-18-14-28-15-18/h1-9,17-18,20,28H,10-16H2,(H2,27,29,30). The van der Waals surface area contributed by atoms with Crippen molar-refractivity contribution < 1.29 is 4.74 Å². The Morgan fingerprint density at radius 2 is 1.68 bits per heavy atom.